The predicted molar refractivity (Wildman–Crippen MR) is 82.9 cm³/mol. The van der Waals surface area contributed by atoms with Crippen LogP contribution in [0.25, 0.3) is 0 Å². The molecule has 1 aliphatic rings. The fourth-order valence-electron chi connectivity index (χ4n) is 3.15. The van der Waals surface area contributed by atoms with E-state index in [0.717, 1.165) is 24.9 Å². The minimum Gasteiger partial charge on any atom is -0.355 e. The zero-order valence-corrected chi connectivity index (χ0v) is 13.1. The van der Waals surface area contributed by atoms with Gasteiger partial charge in [-0.25, -0.2) is 0 Å². The average Bonchev–Trinajstić information content (AvgIpc) is 2.96. The van der Waals surface area contributed by atoms with Crippen molar-refractivity contribution in [3.63, 3.8) is 0 Å². The van der Waals surface area contributed by atoms with Gasteiger partial charge in [-0.2, -0.15) is 0 Å². The van der Waals surface area contributed by atoms with Crippen LogP contribution in [0.4, 0.5) is 0 Å². The largest absolute Gasteiger partial charge is 0.355 e. The Hall–Kier alpha value is -1.35. The molecule has 1 aromatic rings. The molecule has 1 atom stereocenters. The lowest BCUT2D eigenvalue weighted by Crippen LogP contribution is -2.43. The van der Waals surface area contributed by atoms with Crippen molar-refractivity contribution in [1.29, 1.82) is 0 Å². The van der Waals surface area contributed by atoms with Gasteiger partial charge in [-0.15, -0.1) is 0 Å². The Morgan fingerprint density at radius 3 is 2.75 bits per heavy atom. The maximum Gasteiger partial charge on any atom is 0.251 e. The molecule has 0 bridgehead atoms. The zero-order valence-electron chi connectivity index (χ0n) is 13.1. The molecule has 1 N–H and O–H groups in total. The highest BCUT2D eigenvalue weighted by Gasteiger charge is 2.36. The number of nitrogens with one attached hydrogen (secondary N) is 1. The maximum absolute atomic E-state index is 12.1. The molecule has 0 saturated carbocycles. The quantitative estimate of drug-likeness (QED) is 0.913. The third-order valence-corrected chi connectivity index (χ3v) is 4.69. The number of amides is 1. The summed E-state index contributed by atoms with van der Waals surface area (Å²) in [7, 11) is 1.70. The Balaban J connectivity index is 2.38. The molecule has 2 rings (SSSR count). The van der Waals surface area contributed by atoms with Crippen molar-refractivity contribution in [2.24, 2.45) is 0 Å². The second kappa shape index (κ2) is 5.96. The molecule has 20 heavy (non-hydrogen) atoms. The fraction of sp³-hybridized carbons (Fsp3) is 0.588. The van der Waals surface area contributed by atoms with Gasteiger partial charge in [-0.3, -0.25) is 9.69 Å². The summed E-state index contributed by atoms with van der Waals surface area (Å²) in [6.45, 7) is 7.95. The third-order valence-electron chi connectivity index (χ3n) is 4.69. The van der Waals surface area contributed by atoms with Crippen LogP contribution in [-0.2, 0) is 0 Å². The Kier molecular flexibility index (Phi) is 4.48. The number of rotatable bonds is 4. The van der Waals surface area contributed by atoms with E-state index in [1.807, 2.05) is 18.2 Å². The van der Waals surface area contributed by atoms with Crippen LogP contribution in [-0.4, -0.2) is 29.9 Å². The lowest BCUT2D eigenvalue weighted by atomic mass is 9.93. The van der Waals surface area contributed by atoms with Crippen molar-refractivity contribution in [2.75, 3.05) is 13.6 Å². The van der Waals surface area contributed by atoms with Gasteiger partial charge >= 0.3 is 0 Å². The lowest BCUT2D eigenvalue weighted by Gasteiger charge is -2.40. The summed E-state index contributed by atoms with van der Waals surface area (Å²) < 4.78 is 0. The number of carbonyl (C=O) groups is 1. The van der Waals surface area contributed by atoms with E-state index < -0.39 is 0 Å². The van der Waals surface area contributed by atoms with E-state index in [-0.39, 0.29) is 11.4 Å². The molecule has 1 saturated heterocycles. The van der Waals surface area contributed by atoms with Crippen molar-refractivity contribution in [3.05, 3.63) is 35.4 Å². The number of likely N-dealkylation sites (tertiary alicyclic amines) is 1. The van der Waals surface area contributed by atoms with Crippen LogP contribution in [0.15, 0.2) is 24.3 Å². The summed E-state index contributed by atoms with van der Waals surface area (Å²) in [5.74, 6) is 0.0155. The van der Waals surface area contributed by atoms with Crippen LogP contribution >= 0.6 is 0 Å². The zero-order chi connectivity index (χ0) is 14.8. The SMILES string of the molecule is CCC(C)(C)N1CCCC1c1ccccc1C(=O)NC. The minimum absolute atomic E-state index is 0.0155. The normalized spacial score (nSPS) is 20.1. The van der Waals surface area contributed by atoms with Gasteiger partial charge in [0.25, 0.3) is 5.91 Å². The topological polar surface area (TPSA) is 32.3 Å². The van der Waals surface area contributed by atoms with Gasteiger partial charge in [0.1, 0.15) is 0 Å². The van der Waals surface area contributed by atoms with E-state index in [2.05, 4.69) is 37.1 Å². The maximum atomic E-state index is 12.1. The molecule has 1 unspecified atom stereocenters. The van der Waals surface area contributed by atoms with Gasteiger partial charge in [0, 0.05) is 24.2 Å². The fourth-order valence-corrected chi connectivity index (χ4v) is 3.15. The van der Waals surface area contributed by atoms with Crippen molar-refractivity contribution < 1.29 is 4.79 Å². The molecule has 0 aliphatic carbocycles. The van der Waals surface area contributed by atoms with Crippen LogP contribution in [0.5, 0.6) is 0 Å². The van der Waals surface area contributed by atoms with E-state index in [9.17, 15) is 4.79 Å². The van der Waals surface area contributed by atoms with E-state index in [4.69, 9.17) is 0 Å². The first-order valence-electron chi connectivity index (χ1n) is 7.59. The Morgan fingerprint density at radius 1 is 1.40 bits per heavy atom. The van der Waals surface area contributed by atoms with Crippen molar-refractivity contribution in [1.82, 2.24) is 10.2 Å². The van der Waals surface area contributed by atoms with Crippen molar-refractivity contribution in [3.8, 4) is 0 Å². The first-order chi connectivity index (χ1) is 9.51. The van der Waals surface area contributed by atoms with Gasteiger partial charge in [0.2, 0.25) is 0 Å². The summed E-state index contributed by atoms with van der Waals surface area (Å²) in [6.07, 6.45) is 3.46. The highest BCUT2D eigenvalue weighted by molar-refractivity contribution is 5.95. The van der Waals surface area contributed by atoms with Gasteiger partial charge in [0.15, 0.2) is 0 Å². The van der Waals surface area contributed by atoms with Gasteiger partial charge in [-0.05, 0) is 51.3 Å². The van der Waals surface area contributed by atoms with Crippen LogP contribution in [0.1, 0.15) is 62.0 Å². The summed E-state index contributed by atoms with van der Waals surface area (Å²) in [4.78, 5) is 14.7. The molecule has 1 heterocycles. The molecule has 3 heteroatoms. The standard InChI is InChI=1S/C17H26N2O/c1-5-17(2,3)19-12-8-11-15(19)13-9-6-7-10-14(13)16(20)18-4/h6-7,9-10,15H,5,8,11-12H2,1-4H3,(H,18,20). The van der Waals surface area contributed by atoms with Crippen LogP contribution in [0.3, 0.4) is 0 Å². The second-order valence-electron chi connectivity index (χ2n) is 6.18. The molecule has 1 amide bonds. The van der Waals surface area contributed by atoms with Crippen molar-refractivity contribution >= 4 is 5.91 Å². The summed E-state index contributed by atoms with van der Waals surface area (Å²) in [5, 5.41) is 2.76. The van der Waals surface area contributed by atoms with E-state index in [0.29, 0.717) is 6.04 Å². The number of hydrogen-bond donors (Lipinski definition) is 1. The second-order valence-corrected chi connectivity index (χ2v) is 6.18. The molecule has 1 aliphatic heterocycles. The third kappa shape index (κ3) is 2.73. The first kappa shape index (κ1) is 15.0. The van der Waals surface area contributed by atoms with Gasteiger partial charge < -0.3 is 5.32 Å². The average molecular weight is 274 g/mol. The van der Waals surface area contributed by atoms with Gasteiger partial charge in [-0.1, -0.05) is 25.1 Å². The summed E-state index contributed by atoms with van der Waals surface area (Å²) in [5.41, 5.74) is 2.17. The number of hydrogen-bond acceptors (Lipinski definition) is 2. The molecule has 0 spiro atoms. The minimum atomic E-state index is 0.0155. The smallest absolute Gasteiger partial charge is 0.251 e. The summed E-state index contributed by atoms with van der Waals surface area (Å²) >= 11 is 0. The number of carbonyl (C=O) groups excluding carboxylic acids is 1. The molecule has 0 aromatic heterocycles. The van der Waals surface area contributed by atoms with Crippen molar-refractivity contribution in [2.45, 2.75) is 51.6 Å². The monoisotopic (exact) mass is 274 g/mol. The highest BCUT2D eigenvalue weighted by atomic mass is 16.1. The van der Waals surface area contributed by atoms with Crippen LogP contribution in [0.2, 0.25) is 0 Å². The molecule has 0 radical (unpaired) electrons. The van der Waals surface area contributed by atoms with Gasteiger partial charge in [0.05, 0.1) is 0 Å². The van der Waals surface area contributed by atoms with E-state index >= 15 is 0 Å². The van der Waals surface area contributed by atoms with E-state index in [1.165, 1.54) is 12.0 Å². The molecule has 1 aromatic carbocycles. The first-order valence-corrected chi connectivity index (χ1v) is 7.59. The van der Waals surface area contributed by atoms with Crippen LogP contribution in [0, 0.1) is 0 Å². The predicted octanol–water partition coefficient (Wildman–Crippen LogP) is 3.37. The van der Waals surface area contributed by atoms with Crippen LogP contribution < -0.4 is 5.32 Å². The Morgan fingerprint density at radius 2 is 2.10 bits per heavy atom. The lowest BCUT2D eigenvalue weighted by molar-refractivity contribution is 0.0927. The number of nitrogens with zero attached hydrogens (tertiary/aromatic N) is 1. The molecule has 1 fully saturated rings. The highest BCUT2D eigenvalue weighted by Crippen LogP contribution is 2.39. The molecular weight excluding hydrogens is 248 g/mol. The number of benzene rings is 1. The summed E-state index contributed by atoms with van der Waals surface area (Å²) in [6, 6.07) is 8.39. The van der Waals surface area contributed by atoms with E-state index in [1.54, 1.807) is 7.05 Å². The molecular formula is C17H26N2O. The Labute approximate surface area is 122 Å². The Bertz CT molecular complexity index is 482. The molecule has 3 nitrogen and oxygen atoms in total. The molecule has 110 valence electrons.